The molecule has 5 rings (SSSR count). The number of carbonyl (C=O) groups excluding carboxylic acids is 1. The number of nitrogens with zero attached hydrogens (tertiary/aromatic N) is 5. The highest BCUT2D eigenvalue weighted by atomic mass is 32.1. The third-order valence-corrected chi connectivity index (χ3v) is 7.28. The first-order valence-corrected chi connectivity index (χ1v) is 12.3. The molecule has 33 heavy (non-hydrogen) atoms. The lowest BCUT2D eigenvalue weighted by molar-refractivity contribution is -0.120. The van der Waals surface area contributed by atoms with Crippen LogP contribution < -0.4 is 4.90 Å². The molecule has 0 atom stereocenters. The zero-order chi connectivity index (χ0) is 22.8. The van der Waals surface area contributed by atoms with Gasteiger partial charge in [-0.1, -0.05) is 18.2 Å². The van der Waals surface area contributed by atoms with E-state index in [1.54, 1.807) is 11.3 Å². The lowest BCUT2D eigenvalue weighted by Crippen LogP contribution is -2.49. The average molecular weight is 458 g/mol. The van der Waals surface area contributed by atoms with Crippen molar-refractivity contribution in [1.29, 1.82) is 5.26 Å². The number of fused-ring (bicyclic) bond motifs is 1. The molecule has 2 aromatic carbocycles. The molecule has 0 spiro atoms. The van der Waals surface area contributed by atoms with Crippen molar-refractivity contribution in [2.24, 2.45) is 0 Å². The van der Waals surface area contributed by atoms with Crippen LogP contribution in [-0.2, 0) is 17.8 Å². The largest absolute Gasteiger partial charge is 0.311 e. The van der Waals surface area contributed by atoms with E-state index in [2.05, 4.69) is 44.4 Å². The third kappa shape index (κ3) is 4.83. The Hall–Kier alpha value is -3.05. The van der Waals surface area contributed by atoms with Gasteiger partial charge >= 0.3 is 0 Å². The Bertz CT molecular complexity index is 1190. The lowest BCUT2D eigenvalue weighted by atomic mass is 10.1. The quantitative estimate of drug-likeness (QED) is 0.585. The fourth-order valence-corrected chi connectivity index (χ4v) is 5.26. The summed E-state index contributed by atoms with van der Waals surface area (Å²) in [5, 5.41) is 12.1. The number of benzene rings is 2. The van der Waals surface area contributed by atoms with Crippen molar-refractivity contribution >= 4 is 22.9 Å². The van der Waals surface area contributed by atoms with Gasteiger partial charge < -0.3 is 4.90 Å². The Balaban J connectivity index is 1.15. The summed E-state index contributed by atoms with van der Waals surface area (Å²) in [6.45, 7) is 7.81. The maximum atomic E-state index is 13.1. The first kappa shape index (κ1) is 21.8. The number of carbonyl (C=O) groups is 1. The van der Waals surface area contributed by atoms with Crippen LogP contribution >= 0.6 is 11.3 Å². The maximum Gasteiger partial charge on any atom is 0.241 e. The molecule has 0 unspecified atom stereocenters. The van der Waals surface area contributed by atoms with Gasteiger partial charge in [-0.3, -0.25) is 14.6 Å². The van der Waals surface area contributed by atoms with Crippen LogP contribution in [-0.4, -0.2) is 60.0 Å². The number of anilines is 1. The predicted molar refractivity (Wildman–Crippen MR) is 131 cm³/mol. The molecule has 0 aliphatic carbocycles. The van der Waals surface area contributed by atoms with E-state index in [-0.39, 0.29) is 5.91 Å². The van der Waals surface area contributed by atoms with Crippen molar-refractivity contribution in [3.63, 3.8) is 0 Å². The van der Waals surface area contributed by atoms with Crippen molar-refractivity contribution in [3.8, 4) is 17.3 Å². The molecule has 7 heteroatoms. The Morgan fingerprint density at radius 1 is 1.06 bits per heavy atom. The topological polar surface area (TPSA) is 63.5 Å². The monoisotopic (exact) mass is 457 g/mol. The van der Waals surface area contributed by atoms with Gasteiger partial charge in [-0.2, -0.15) is 5.26 Å². The minimum absolute atomic E-state index is 0.187. The molecule has 0 saturated carbocycles. The summed E-state index contributed by atoms with van der Waals surface area (Å²) >= 11 is 1.66. The van der Waals surface area contributed by atoms with E-state index in [0.717, 1.165) is 67.6 Å². The van der Waals surface area contributed by atoms with Crippen LogP contribution in [0.5, 0.6) is 0 Å². The number of aromatic nitrogens is 1. The first-order valence-electron chi connectivity index (χ1n) is 11.4. The molecular weight excluding hydrogens is 430 g/mol. The SMILES string of the molecule is Cc1nc(-c2ccc3c(c2)CCN3C(=O)CN2CCN(Cc3ccc(C#N)cc3)CC2)cs1. The van der Waals surface area contributed by atoms with Crippen LogP contribution in [0.4, 0.5) is 5.69 Å². The lowest BCUT2D eigenvalue weighted by Gasteiger charge is -2.35. The number of hydrogen-bond acceptors (Lipinski definition) is 6. The van der Waals surface area contributed by atoms with Crippen LogP contribution in [0, 0.1) is 18.3 Å². The second kappa shape index (κ2) is 9.44. The molecular formula is C26H27N5OS. The molecule has 0 bridgehead atoms. The normalized spacial score (nSPS) is 16.5. The smallest absolute Gasteiger partial charge is 0.241 e. The Morgan fingerprint density at radius 3 is 2.52 bits per heavy atom. The molecule has 0 N–H and O–H groups in total. The van der Waals surface area contributed by atoms with Crippen molar-refractivity contribution in [3.05, 3.63) is 69.5 Å². The van der Waals surface area contributed by atoms with Gasteiger partial charge in [0.2, 0.25) is 5.91 Å². The number of hydrogen-bond donors (Lipinski definition) is 0. The van der Waals surface area contributed by atoms with Crippen molar-refractivity contribution in [2.45, 2.75) is 19.9 Å². The fourth-order valence-electron chi connectivity index (χ4n) is 4.64. The summed E-state index contributed by atoms with van der Waals surface area (Å²) in [5.74, 6) is 0.187. The standard InChI is InChI=1S/C26H27N5OS/c1-19-28-24(18-33-19)22-6-7-25-23(14-22)8-9-31(25)26(32)17-30-12-10-29(11-13-30)16-21-4-2-20(15-27)3-5-21/h2-7,14,18H,8-13,16-17H2,1H3. The second-order valence-corrected chi connectivity index (χ2v) is 9.81. The molecule has 1 fully saturated rings. The molecule has 1 amide bonds. The van der Waals surface area contributed by atoms with Gasteiger partial charge in [0.15, 0.2) is 0 Å². The summed E-state index contributed by atoms with van der Waals surface area (Å²) < 4.78 is 0. The van der Waals surface area contributed by atoms with Gasteiger partial charge in [-0.25, -0.2) is 4.98 Å². The van der Waals surface area contributed by atoms with E-state index in [0.29, 0.717) is 12.1 Å². The first-order chi connectivity index (χ1) is 16.1. The van der Waals surface area contributed by atoms with Crippen molar-refractivity contribution in [2.75, 3.05) is 44.2 Å². The molecule has 3 aromatic rings. The van der Waals surface area contributed by atoms with Crippen LogP contribution in [0.1, 0.15) is 21.7 Å². The predicted octanol–water partition coefficient (Wildman–Crippen LogP) is 3.70. The summed E-state index contributed by atoms with van der Waals surface area (Å²) in [5.41, 5.74) is 6.35. The van der Waals surface area contributed by atoms with E-state index in [4.69, 9.17) is 5.26 Å². The minimum atomic E-state index is 0.187. The van der Waals surface area contributed by atoms with Gasteiger partial charge in [0.1, 0.15) is 0 Å². The third-order valence-electron chi connectivity index (χ3n) is 6.50. The number of rotatable bonds is 5. The van der Waals surface area contributed by atoms with Gasteiger partial charge in [0, 0.05) is 55.9 Å². The highest BCUT2D eigenvalue weighted by Gasteiger charge is 2.27. The van der Waals surface area contributed by atoms with Crippen molar-refractivity contribution < 1.29 is 4.79 Å². The number of thiazole rings is 1. The van der Waals surface area contributed by atoms with E-state index in [9.17, 15) is 4.79 Å². The summed E-state index contributed by atoms with van der Waals surface area (Å²) in [7, 11) is 0. The number of piperazine rings is 1. The second-order valence-electron chi connectivity index (χ2n) is 8.75. The summed E-state index contributed by atoms with van der Waals surface area (Å²) in [4.78, 5) is 24.3. The van der Waals surface area contributed by atoms with Gasteiger partial charge in [0.25, 0.3) is 0 Å². The highest BCUT2D eigenvalue weighted by Crippen LogP contribution is 2.33. The number of nitriles is 1. The Kier molecular flexibility index (Phi) is 6.23. The van der Waals surface area contributed by atoms with E-state index >= 15 is 0 Å². The van der Waals surface area contributed by atoms with Crippen LogP contribution in [0.2, 0.25) is 0 Å². The number of amides is 1. The maximum absolute atomic E-state index is 13.1. The van der Waals surface area contributed by atoms with Gasteiger partial charge in [-0.05, 0) is 48.7 Å². The van der Waals surface area contributed by atoms with Crippen LogP contribution in [0.15, 0.2) is 47.8 Å². The molecule has 0 radical (unpaired) electrons. The molecule has 2 aliphatic rings. The van der Waals surface area contributed by atoms with Crippen LogP contribution in [0.25, 0.3) is 11.3 Å². The van der Waals surface area contributed by atoms with E-state index < -0.39 is 0 Å². The molecule has 6 nitrogen and oxygen atoms in total. The molecule has 1 saturated heterocycles. The number of aryl methyl sites for hydroxylation is 1. The van der Waals surface area contributed by atoms with E-state index in [1.165, 1.54) is 11.1 Å². The van der Waals surface area contributed by atoms with E-state index in [1.807, 2.05) is 36.1 Å². The fraction of sp³-hybridized carbons (Fsp3) is 0.346. The van der Waals surface area contributed by atoms with Crippen molar-refractivity contribution in [1.82, 2.24) is 14.8 Å². The van der Waals surface area contributed by atoms with Gasteiger partial charge in [-0.15, -0.1) is 11.3 Å². The average Bonchev–Trinajstić information content (AvgIpc) is 3.46. The zero-order valence-electron chi connectivity index (χ0n) is 18.8. The molecule has 1 aromatic heterocycles. The summed E-state index contributed by atoms with van der Waals surface area (Å²) in [6.07, 6.45) is 0.899. The molecule has 3 heterocycles. The summed E-state index contributed by atoms with van der Waals surface area (Å²) in [6, 6.07) is 16.3. The minimum Gasteiger partial charge on any atom is -0.311 e. The Labute approximate surface area is 198 Å². The van der Waals surface area contributed by atoms with Gasteiger partial charge in [0.05, 0.1) is 28.9 Å². The van der Waals surface area contributed by atoms with Crippen LogP contribution in [0.3, 0.4) is 0 Å². The highest BCUT2D eigenvalue weighted by molar-refractivity contribution is 7.09. The Morgan fingerprint density at radius 2 is 1.82 bits per heavy atom. The molecule has 168 valence electrons. The molecule has 2 aliphatic heterocycles. The zero-order valence-corrected chi connectivity index (χ0v) is 19.6.